The van der Waals surface area contributed by atoms with Crippen LogP contribution in [0.5, 0.6) is 5.88 Å². The molecule has 1 spiro atoms. The summed E-state index contributed by atoms with van der Waals surface area (Å²) in [6, 6.07) is 3.89. The maximum Gasteiger partial charge on any atom is 0.221 e. The number of Topliss-reactive ketones (excluding diaryl/α,β-unsaturated/α-hetero) is 1. The molecule has 0 radical (unpaired) electrons. The quantitative estimate of drug-likeness (QED) is 0.668. The van der Waals surface area contributed by atoms with Crippen LogP contribution in [0.1, 0.15) is 38.7 Å². The normalized spacial score (nSPS) is 25.2. The Morgan fingerprint density at radius 2 is 2.26 bits per heavy atom. The molecule has 1 fully saturated rings. The van der Waals surface area contributed by atoms with E-state index >= 15 is 0 Å². The number of aromatic nitrogens is 1. The number of allylic oxidation sites excluding steroid dienone is 1. The van der Waals surface area contributed by atoms with Crippen LogP contribution in [0.25, 0.3) is 6.08 Å². The van der Waals surface area contributed by atoms with Gasteiger partial charge < -0.3 is 4.74 Å². The van der Waals surface area contributed by atoms with Gasteiger partial charge in [-0.05, 0) is 43.7 Å². The first-order valence-corrected chi connectivity index (χ1v) is 6.62. The third-order valence-electron chi connectivity index (χ3n) is 3.88. The Kier molecular flexibility index (Phi) is 2.77. The lowest BCUT2D eigenvalue weighted by Gasteiger charge is -2.39. The Labute approximate surface area is 113 Å². The molecule has 1 saturated carbocycles. The van der Waals surface area contributed by atoms with E-state index in [4.69, 9.17) is 4.74 Å². The van der Waals surface area contributed by atoms with Crippen LogP contribution in [-0.2, 0) is 4.79 Å². The zero-order valence-electron chi connectivity index (χ0n) is 11.3. The molecule has 0 bridgehead atoms. The van der Waals surface area contributed by atoms with Gasteiger partial charge in [-0.3, -0.25) is 4.79 Å². The van der Waals surface area contributed by atoms with Crippen LogP contribution in [-0.4, -0.2) is 16.4 Å². The molecule has 3 rings (SSSR count). The second-order valence-electron chi connectivity index (χ2n) is 5.42. The molecule has 3 nitrogen and oxygen atoms in total. The first-order valence-electron chi connectivity index (χ1n) is 6.62. The summed E-state index contributed by atoms with van der Waals surface area (Å²) in [5.41, 5.74) is 2.79. The van der Waals surface area contributed by atoms with Crippen LogP contribution in [0.3, 0.4) is 0 Å². The Balaban J connectivity index is 2.06. The van der Waals surface area contributed by atoms with Crippen LogP contribution in [0.2, 0.25) is 0 Å². The van der Waals surface area contributed by atoms with Crippen molar-refractivity contribution in [3.63, 3.8) is 0 Å². The molecule has 1 aliphatic carbocycles. The minimum atomic E-state index is -0.464. The van der Waals surface area contributed by atoms with Crippen molar-refractivity contribution in [1.29, 1.82) is 0 Å². The third-order valence-corrected chi connectivity index (χ3v) is 3.88. The minimum Gasteiger partial charge on any atom is -0.462 e. The molecule has 3 heteroatoms. The summed E-state index contributed by atoms with van der Waals surface area (Å²) in [4.78, 5) is 16.0. The lowest BCUT2D eigenvalue weighted by Crippen LogP contribution is -2.42. The standard InChI is InChI=1S/C16H17NO2/c1-11(2)14-10-13(18)6-8-16(14)7-5-12-4-3-9-17-15(12)19-16/h3-5,7,9H,6,8,10H2,1-2H3. The number of ether oxygens (including phenoxy) is 1. The molecule has 1 unspecified atom stereocenters. The van der Waals surface area contributed by atoms with Gasteiger partial charge in [0, 0.05) is 31.0 Å². The largest absolute Gasteiger partial charge is 0.462 e. The fraction of sp³-hybridized carbons (Fsp3) is 0.375. The molecule has 1 atom stereocenters. The monoisotopic (exact) mass is 255 g/mol. The van der Waals surface area contributed by atoms with E-state index in [0.717, 1.165) is 16.7 Å². The molecular formula is C16H17NO2. The SMILES string of the molecule is CC(C)=C1CC(=O)CCC12C=Cc1cccnc1O2. The molecule has 2 aliphatic rings. The molecule has 0 amide bonds. The summed E-state index contributed by atoms with van der Waals surface area (Å²) in [6.07, 6.45) is 7.66. The van der Waals surface area contributed by atoms with E-state index in [2.05, 4.69) is 17.1 Å². The van der Waals surface area contributed by atoms with Crippen molar-refractivity contribution in [2.24, 2.45) is 0 Å². The molecule has 1 aromatic rings. The van der Waals surface area contributed by atoms with Crippen molar-refractivity contribution in [3.05, 3.63) is 41.1 Å². The number of carbonyl (C=O) groups excluding carboxylic acids is 1. The van der Waals surface area contributed by atoms with E-state index in [0.29, 0.717) is 30.9 Å². The van der Waals surface area contributed by atoms with Gasteiger partial charge in [0.25, 0.3) is 0 Å². The van der Waals surface area contributed by atoms with Gasteiger partial charge in [-0.2, -0.15) is 0 Å². The first kappa shape index (κ1) is 12.2. The summed E-state index contributed by atoms with van der Waals surface area (Å²) in [6.45, 7) is 4.08. The summed E-state index contributed by atoms with van der Waals surface area (Å²) >= 11 is 0. The van der Waals surface area contributed by atoms with Gasteiger partial charge in [-0.25, -0.2) is 4.98 Å². The molecule has 2 heterocycles. The van der Waals surface area contributed by atoms with Crippen LogP contribution in [0, 0.1) is 0 Å². The fourth-order valence-corrected chi connectivity index (χ4v) is 2.85. The van der Waals surface area contributed by atoms with Crippen molar-refractivity contribution in [2.45, 2.75) is 38.7 Å². The molecule has 19 heavy (non-hydrogen) atoms. The number of hydrogen-bond donors (Lipinski definition) is 0. The highest BCUT2D eigenvalue weighted by Gasteiger charge is 2.41. The van der Waals surface area contributed by atoms with E-state index in [1.807, 2.05) is 26.0 Å². The highest BCUT2D eigenvalue weighted by atomic mass is 16.5. The Morgan fingerprint density at radius 3 is 3.05 bits per heavy atom. The summed E-state index contributed by atoms with van der Waals surface area (Å²) < 4.78 is 6.17. The fourth-order valence-electron chi connectivity index (χ4n) is 2.85. The molecular weight excluding hydrogens is 238 g/mol. The number of rotatable bonds is 0. The van der Waals surface area contributed by atoms with Gasteiger partial charge in [-0.15, -0.1) is 0 Å². The zero-order chi connectivity index (χ0) is 13.5. The molecule has 98 valence electrons. The smallest absolute Gasteiger partial charge is 0.221 e. The van der Waals surface area contributed by atoms with E-state index in [1.165, 1.54) is 0 Å². The van der Waals surface area contributed by atoms with Gasteiger partial charge in [-0.1, -0.05) is 5.57 Å². The number of pyridine rings is 1. The van der Waals surface area contributed by atoms with E-state index < -0.39 is 5.60 Å². The lowest BCUT2D eigenvalue weighted by molar-refractivity contribution is -0.120. The van der Waals surface area contributed by atoms with E-state index in [1.54, 1.807) is 6.20 Å². The Hall–Kier alpha value is -1.90. The average Bonchev–Trinajstić information content (AvgIpc) is 2.41. The third kappa shape index (κ3) is 1.99. The molecule has 0 saturated heterocycles. The zero-order valence-corrected chi connectivity index (χ0v) is 11.3. The van der Waals surface area contributed by atoms with Crippen molar-refractivity contribution < 1.29 is 9.53 Å². The topological polar surface area (TPSA) is 39.2 Å². The van der Waals surface area contributed by atoms with E-state index in [9.17, 15) is 4.79 Å². The van der Waals surface area contributed by atoms with Crippen molar-refractivity contribution in [1.82, 2.24) is 4.98 Å². The molecule has 0 N–H and O–H groups in total. The predicted octanol–water partition coefficient (Wildman–Crippen LogP) is 3.32. The number of carbonyl (C=O) groups is 1. The summed E-state index contributed by atoms with van der Waals surface area (Å²) in [5, 5.41) is 0. The number of ketones is 1. The molecule has 0 aromatic carbocycles. The van der Waals surface area contributed by atoms with Crippen LogP contribution >= 0.6 is 0 Å². The van der Waals surface area contributed by atoms with Gasteiger partial charge in [0.2, 0.25) is 5.88 Å². The maximum absolute atomic E-state index is 11.7. The van der Waals surface area contributed by atoms with Gasteiger partial charge >= 0.3 is 0 Å². The highest BCUT2D eigenvalue weighted by Crippen LogP contribution is 2.42. The molecule has 1 aromatic heterocycles. The summed E-state index contributed by atoms with van der Waals surface area (Å²) in [7, 11) is 0. The minimum absolute atomic E-state index is 0.297. The second-order valence-corrected chi connectivity index (χ2v) is 5.42. The number of nitrogens with zero attached hydrogens (tertiary/aromatic N) is 1. The summed E-state index contributed by atoms with van der Waals surface area (Å²) in [5.74, 6) is 0.962. The number of hydrogen-bond acceptors (Lipinski definition) is 3. The predicted molar refractivity (Wildman–Crippen MR) is 73.9 cm³/mol. The number of fused-ring (bicyclic) bond motifs is 1. The van der Waals surface area contributed by atoms with Gasteiger partial charge in [0.1, 0.15) is 5.78 Å². The maximum atomic E-state index is 11.7. The Bertz CT molecular complexity index is 597. The average molecular weight is 255 g/mol. The van der Waals surface area contributed by atoms with Crippen LogP contribution in [0.4, 0.5) is 0 Å². The Morgan fingerprint density at radius 1 is 1.42 bits per heavy atom. The first-order chi connectivity index (χ1) is 9.11. The van der Waals surface area contributed by atoms with Crippen molar-refractivity contribution in [2.75, 3.05) is 0 Å². The van der Waals surface area contributed by atoms with Gasteiger partial charge in [0.15, 0.2) is 5.60 Å². The van der Waals surface area contributed by atoms with Gasteiger partial charge in [0.05, 0.1) is 0 Å². The highest BCUT2D eigenvalue weighted by molar-refractivity contribution is 5.84. The van der Waals surface area contributed by atoms with Crippen molar-refractivity contribution in [3.8, 4) is 5.88 Å². The van der Waals surface area contributed by atoms with Crippen molar-refractivity contribution >= 4 is 11.9 Å². The van der Waals surface area contributed by atoms with Crippen LogP contribution < -0.4 is 4.74 Å². The molecule has 1 aliphatic heterocycles. The van der Waals surface area contributed by atoms with E-state index in [-0.39, 0.29) is 0 Å². The van der Waals surface area contributed by atoms with Crippen LogP contribution in [0.15, 0.2) is 35.6 Å². The lowest BCUT2D eigenvalue weighted by atomic mass is 9.76. The second kappa shape index (κ2) is 4.34.